The Labute approximate surface area is 79.4 Å². The highest BCUT2D eigenvalue weighted by Crippen LogP contribution is 2.22. The van der Waals surface area contributed by atoms with Gasteiger partial charge in [-0.2, -0.15) is 0 Å². The molecule has 0 saturated carbocycles. The second-order valence-electron chi connectivity index (χ2n) is 3.12. The van der Waals surface area contributed by atoms with E-state index < -0.39 is 0 Å². The van der Waals surface area contributed by atoms with Crippen LogP contribution in [-0.4, -0.2) is 13.6 Å². The van der Waals surface area contributed by atoms with Gasteiger partial charge < -0.3 is 10.6 Å². The highest BCUT2D eigenvalue weighted by atomic mass is 15.1. The van der Waals surface area contributed by atoms with Gasteiger partial charge in [0, 0.05) is 7.05 Å². The van der Waals surface area contributed by atoms with E-state index in [1.54, 1.807) is 0 Å². The van der Waals surface area contributed by atoms with Crippen molar-refractivity contribution in [3.05, 3.63) is 23.8 Å². The smallest absolute Gasteiger partial charge is 0.0789 e. The van der Waals surface area contributed by atoms with Gasteiger partial charge in [-0.3, -0.25) is 0 Å². The molecule has 68 valence electrons. The van der Waals surface area contributed by atoms with Crippen LogP contribution in [0.25, 0.3) is 0 Å². The molecule has 0 radical (unpaired) electrons. The second-order valence-corrected chi connectivity index (χ2v) is 3.12. The summed E-state index contributed by atoms with van der Waals surface area (Å²) >= 11 is 0. The number of anilines is 2. The molecule has 1 rings (SSSR count). The van der Waals surface area contributed by atoms with Gasteiger partial charge in [0.2, 0.25) is 0 Å². The van der Waals surface area contributed by atoms with Crippen LogP contribution in [0.3, 0.4) is 0 Å². The summed E-state index contributed by atoms with van der Waals surface area (Å²) in [7, 11) is 1.93. The highest BCUT2D eigenvalue weighted by molar-refractivity contribution is 5.68. The van der Waals surface area contributed by atoms with Crippen molar-refractivity contribution in [3.8, 4) is 12.3 Å². The first-order chi connectivity index (χ1) is 6.15. The Morgan fingerprint density at radius 3 is 2.77 bits per heavy atom. The van der Waals surface area contributed by atoms with E-state index in [0.717, 1.165) is 16.9 Å². The molecule has 13 heavy (non-hydrogen) atoms. The molecule has 0 aliphatic heterocycles. The number of nitrogens with two attached hydrogens (primary N) is 1. The van der Waals surface area contributed by atoms with Crippen LogP contribution < -0.4 is 10.6 Å². The number of hydrogen-bond acceptors (Lipinski definition) is 2. The number of terminal acetylenes is 1. The third-order valence-electron chi connectivity index (χ3n) is 1.92. The van der Waals surface area contributed by atoms with Gasteiger partial charge in [-0.05, 0) is 24.6 Å². The van der Waals surface area contributed by atoms with Crippen molar-refractivity contribution in [2.24, 2.45) is 0 Å². The zero-order chi connectivity index (χ0) is 9.84. The van der Waals surface area contributed by atoms with E-state index in [1.165, 1.54) is 0 Å². The zero-order valence-electron chi connectivity index (χ0n) is 8.04. The van der Waals surface area contributed by atoms with Gasteiger partial charge in [0.05, 0.1) is 17.9 Å². The normalized spacial score (nSPS) is 9.31. The average Bonchev–Trinajstić information content (AvgIpc) is 2.04. The molecule has 0 bridgehead atoms. The number of rotatable bonds is 2. The SMILES string of the molecule is C#CCN(C)c1ccc(C)cc1N. The Morgan fingerprint density at radius 1 is 1.54 bits per heavy atom. The minimum atomic E-state index is 0.577. The fourth-order valence-corrected chi connectivity index (χ4v) is 1.24. The number of hydrogen-bond donors (Lipinski definition) is 1. The molecule has 0 atom stereocenters. The summed E-state index contributed by atoms with van der Waals surface area (Å²) in [6.45, 7) is 2.59. The van der Waals surface area contributed by atoms with E-state index in [-0.39, 0.29) is 0 Å². The van der Waals surface area contributed by atoms with Gasteiger partial charge in [0.1, 0.15) is 0 Å². The Bertz CT molecular complexity index is 336. The Kier molecular flexibility index (Phi) is 2.81. The van der Waals surface area contributed by atoms with Crippen molar-refractivity contribution in [2.45, 2.75) is 6.92 Å². The molecule has 0 spiro atoms. The van der Waals surface area contributed by atoms with Gasteiger partial charge >= 0.3 is 0 Å². The van der Waals surface area contributed by atoms with E-state index in [2.05, 4.69) is 5.92 Å². The molecular formula is C11H14N2. The lowest BCUT2D eigenvalue weighted by molar-refractivity contribution is 1.05. The number of aryl methyl sites for hydroxylation is 1. The molecule has 0 heterocycles. The van der Waals surface area contributed by atoms with E-state index in [1.807, 2.05) is 37.1 Å². The van der Waals surface area contributed by atoms with Crippen LogP contribution in [0.5, 0.6) is 0 Å². The van der Waals surface area contributed by atoms with Gasteiger partial charge in [0.25, 0.3) is 0 Å². The van der Waals surface area contributed by atoms with Crippen LogP contribution >= 0.6 is 0 Å². The highest BCUT2D eigenvalue weighted by Gasteiger charge is 2.02. The maximum atomic E-state index is 5.84. The lowest BCUT2D eigenvalue weighted by Gasteiger charge is -2.18. The van der Waals surface area contributed by atoms with Gasteiger partial charge in [-0.25, -0.2) is 0 Å². The molecule has 0 unspecified atom stereocenters. The first kappa shape index (κ1) is 9.47. The molecule has 0 amide bonds. The summed E-state index contributed by atoms with van der Waals surface area (Å²) in [6.07, 6.45) is 5.21. The standard InChI is InChI=1S/C11H14N2/c1-4-7-13(3)11-6-5-9(2)8-10(11)12/h1,5-6,8H,7,12H2,2-3H3. The van der Waals surface area contributed by atoms with Crippen LogP contribution in [0.4, 0.5) is 11.4 Å². The average molecular weight is 174 g/mol. The summed E-state index contributed by atoms with van der Waals surface area (Å²) < 4.78 is 0. The van der Waals surface area contributed by atoms with Crippen molar-refractivity contribution in [2.75, 3.05) is 24.2 Å². The van der Waals surface area contributed by atoms with Crippen molar-refractivity contribution >= 4 is 11.4 Å². The van der Waals surface area contributed by atoms with E-state index in [4.69, 9.17) is 12.2 Å². The van der Waals surface area contributed by atoms with Crippen LogP contribution in [0.1, 0.15) is 5.56 Å². The topological polar surface area (TPSA) is 29.3 Å². The first-order valence-electron chi connectivity index (χ1n) is 4.16. The fourth-order valence-electron chi connectivity index (χ4n) is 1.24. The molecular weight excluding hydrogens is 160 g/mol. The fraction of sp³-hybridized carbons (Fsp3) is 0.273. The maximum absolute atomic E-state index is 5.84. The molecule has 1 aromatic rings. The van der Waals surface area contributed by atoms with E-state index in [0.29, 0.717) is 6.54 Å². The quantitative estimate of drug-likeness (QED) is 0.545. The predicted molar refractivity (Wildman–Crippen MR) is 57.7 cm³/mol. The molecule has 2 N–H and O–H groups in total. The summed E-state index contributed by atoms with van der Waals surface area (Å²) in [5.41, 5.74) is 8.77. The first-order valence-corrected chi connectivity index (χ1v) is 4.16. The number of nitrogens with zero attached hydrogens (tertiary/aromatic N) is 1. The summed E-state index contributed by atoms with van der Waals surface area (Å²) in [4.78, 5) is 1.95. The lowest BCUT2D eigenvalue weighted by atomic mass is 10.2. The largest absolute Gasteiger partial charge is 0.397 e. The van der Waals surface area contributed by atoms with Crippen molar-refractivity contribution in [1.29, 1.82) is 0 Å². The van der Waals surface area contributed by atoms with Crippen molar-refractivity contribution < 1.29 is 0 Å². The summed E-state index contributed by atoms with van der Waals surface area (Å²) in [5, 5.41) is 0. The van der Waals surface area contributed by atoms with Crippen molar-refractivity contribution in [1.82, 2.24) is 0 Å². The van der Waals surface area contributed by atoms with Crippen LogP contribution in [0.2, 0.25) is 0 Å². The minimum absolute atomic E-state index is 0.577. The van der Waals surface area contributed by atoms with Crippen LogP contribution in [-0.2, 0) is 0 Å². The molecule has 0 saturated heterocycles. The van der Waals surface area contributed by atoms with Gasteiger partial charge in [-0.15, -0.1) is 6.42 Å². The molecule has 2 heteroatoms. The molecule has 1 aromatic carbocycles. The van der Waals surface area contributed by atoms with Crippen LogP contribution in [0.15, 0.2) is 18.2 Å². The van der Waals surface area contributed by atoms with Gasteiger partial charge in [-0.1, -0.05) is 12.0 Å². The Morgan fingerprint density at radius 2 is 2.23 bits per heavy atom. The predicted octanol–water partition coefficient (Wildman–Crippen LogP) is 1.65. The summed E-state index contributed by atoms with van der Waals surface area (Å²) in [5.74, 6) is 2.58. The lowest BCUT2D eigenvalue weighted by Crippen LogP contribution is -2.18. The van der Waals surface area contributed by atoms with Crippen molar-refractivity contribution in [3.63, 3.8) is 0 Å². The third kappa shape index (κ3) is 2.16. The third-order valence-corrected chi connectivity index (χ3v) is 1.92. The molecule has 0 aliphatic rings. The monoisotopic (exact) mass is 174 g/mol. The molecule has 0 aromatic heterocycles. The number of nitrogen functional groups attached to an aromatic ring is 1. The molecule has 2 nitrogen and oxygen atoms in total. The molecule has 0 fully saturated rings. The molecule has 0 aliphatic carbocycles. The second kappa shape index (κ2) is 3.86. The summed E-state index contributed by atoms with van der Waals surface area (Å²) in [6, 6.07) is 5.96. The zero-order valence-corrected chi connectivity index (χ0v) is 8.04. The minimum Gasteiger partial charge on any atom is -0.397 e. The number of benzene rings is 1. The Hall–Kier alpha value is -1.62. The van der Waals surface area contributed by atoms with E-state index in [9.17, 15) is 0 Å². The Balaban J connectivity index is 2.96. The van der Waals surface area contributed by atoms with E-state index >= 15 is 0 Å². The van der Waals surface area contributed by atoms with Gasteiger partial charge in [0.15, 0.2) is 0 Å². The maximum Gasteiger partial charge on any atom is 0.0789 e. The van der Waals surface area contributed by atoms with Crippen LogP contribution in [0, 0.1) is 19.3 Å².